The predicted octanol–water partition coefficient (Wildman–Crippen LogP) is 1.64. The van der Waals surface area contributed by atoms with Crippen LogP contribution in [0, 0.1) is 5.41 Å². The second-order valence-electron chi connectivity index (χ2n) is 8.25. The van der Waals surface area contributed by atoms with Crippen LogP contribution in [-0.4, -0.2) is 62.6 Å². The van der Waals surface area contributed by atoms with Gasteiger partial charge in [0.15, 0.2) is 5.41 Å². The second-order valence-corrected chi connectivity index (χ2v) is 8.25. The number of anilines is 2. The summed E-state index contributed by atoms with van der Waals surface area (Å²) in [5, 5.41) is 2.42. The highest BCUT2D eigenvalue weighted by Crippen LogP contribution is 2.45. The van der Waals surface area contributed by atoms with Crippen molar-refractivity contribution < 1.29 is 19.1 Å². The Morgan fingerprint density at radius 3 is 2.52 bits per heavy atom. The van der Waals surface area contributed by atoms with Crippen LogP contribution in [0.25, 0.3) is 0 Å². The zero-order valence-corrected chi connectivity index (χ0v) is 17.5. The van der Waals surface area contributed by atoms with Crippen LogP contribution in [0.4, 0.5) is 16.2 Å². The number of urea groups is 1. The molecule has 3 heterocycles. The fourth-order valence-electron chi connectivity index (χ4n) is 5.11. The quantitative estimate of drug-likeness (QED) is 0.744. The average molecular weight is 420 g/mol. The Balaban J connectivity index is 1.59. The van der Waals surface area contributed by atoms with Gasteiger partial charge in [0, 0.05) is 38.1 Å². The molecule has 3 aliphatic heterocycles. The summed E-state index contributed by atoms with van der Waals surface area (Å²) in [6.07, 6.45) is 0.267. The number of hydrogen-bond donors (Lipinski definition) is 1. The van der Waals surface area contributed by atoms with Gasteiger partial charge in [-0.2, -0.15) is 0 Å². The summed E-state index contributed by atoms with van der Waals surface area (Å²) in [5.74, 6) is -0.184. The zero-order valence-electron chi connectivity index (χ0n) is 17.5. The molecule has 0 radical (unpaired) electrons. The number of piperazine rings is 1. The van der Waals surface area contributed by atoms with Crippen LogP contribution in [0.1, 0.15) is 5.56 Å². The third kappa shape index (κ3) is 2.78. The Kier molecular flexibility index (Phi) is 4.39. The van der Waals surface area contributed by atoms with Gasteiger partial charge in [0.2, 0.25) is 11.8 Å². The first-order chi connectivity index (χ1) is 15.0. The van der Waals surface area contributed by atoms with Gasteiger partial charge < -0.3 is 14.5 Å². The SMILES string of the molecule is COc1ccc(N2CCN3c4ccccc4CC4(C(=O)NC(=O)N(C)C4=O)C3C2)cc1. The lowest BCUT2D eigenvalue weighted by atomic mass is 9.67. The first kappa shape index (κ1) is 19.4. The largest absolute Gasteiger partial charge is 0.497 e. The van der Waals surface area contributed by atoms with Gasteiger partial charge in [-0.05, 0) is 42.3 Å². The molecule has 160 valence electrons. The van der Waals surface area contributed by atoms with Crippen molar-refractivity contribution in [1.29, 1.82) is 0 Å². The molecule has 2 aromatic carbocycles. The van der Waals surface area contributed by atoms with Crippen LogP contribution < -0.4 is 19.9 Å². The molecule has 1 N–H and O–H groups in total. The number of fused-ring (bicyclic) bond motifs is 4. The molecule has 31 heavy (non-hydrogen) atoms. The molecule has 1 spiro atoms. The Bertz CT molecular complexity index is 1070. The molecule has 8 heteroatoms. The fourth-order valence-corrected chi connectivity index (χ4v) is 5.11. The molecule has 2 atom stereocenters. The van der Waals surface area contributed by atoms with Crippen molar-refractivity contribution >= 4 is 29.2 Å². The fraction of sp³-hybridized carbons (Fsp3) is 0.348. The van der Waals surface area contributed by atoms with Crippen LogP contribution in [0.2, 0.25) is 0 Å². The summed E-state index contributed by atoms with van der Waals surface area (Å²) in [4.78, 5) is 44.3. The maximum atomic E-state index is 13.5. The standard InChI is InChI=1S/C23H24N4O4/c1-25-21(29)23(20(28)24-22(25)30)13-15-5-3-4-6-18(15)27-12-11-26(14-19(23)27)16-7-9-17(31-2)10-8-16/h3-10,19H,11-14H2,1-2H3,(H,24,28,30). The van der Waals surface area contributed by atoms with E-state index in [-0.39, 0.29) is 6.42 Å². The van der Waals surface area contributed by atoms with Gasteiger partial charge in [-0.3, -0.25) is 19.8 Å². The Hall–Kier alpha value is -3.55. The van der Waals surface area contributed by atoms with Gasteiger partial charge in [0.1, 0.15) is 5.75 Å². The van der Waals surface area contributed by atoms with E-state index in [0.29, 0.717) is 13.1 Å². The summed E-state index contributed by atoms with van der Waals surface area (Å²) < 4.78 is 5.26. The van der Waals surface area contributed by atoms with E-state index in [0.717, 1.165) is 34.1 Å². The maximum Gasteiger partial charge on any atom is 0.330 e. The zero-order chi connectivity index (χ0) is 21.8. The van der Waals surface area contributed by atoms with Crippen LogP contribution in [-0.2, 0) is 16.0 Å². The van der Waals surface area contributed by atoms with E-state index < -0.39 is 29.3 Å². The Morgan fingerprint density at radius 1 is 1.03 bits per heavy atom. The topological polar surface area (TPSA) is 82.2 Å². The number of benzene rings is 2. The predicted molar refractivity (Wildman–Crippen MR) is 115 cm³/mol. The highest BCUT2D eigenvalue weighted by molar-refractivity contribution is 6.20. The van der Waals surface area contributed by atoms with E-state index >= 15 is 0 Å². The van der Waals surface area contributed by atoms with Gasteiger partial charge >= 0.3 is 6.03 Å². The molecule has 0 aromatic heterocycles. The molecular formula is C23H24N4O4. The smallest absolute Gasteiger partial charge is 0.330 e. The van der Waals surface area contributed by atoms with Crippen LogP contribution in [0.5, 0.6) is 5.75 Å². The highest BCUT2D eigenvalue weighted by Gasteiger charge is 2.62. The lowest BCUT2D eigenvalue weighted by Gasteiger charge is -2.55. The van der Waals surface area contributed by atoms with Gasteiger partial charge in [0.05, 0.1) is 13.2 Å². The summed E-state index contributed by atoms with van der Waals surface area (Å²) in [5.41, 5.74) is 1.64. The summed E-state index contributed by atoms with van der Waals surface area (Å²) in [6.45, 7) is 1.90. The van der Waals surface area contributed by atoms with E-state index in [1.54, 1.807) is 7.11 Å². The molecule has 2 unspecified atom stereocenters. The van der Waals surface area contributed by atoms with E-state index in [1.807, 2.05) is 48.5 Å². The maximum absolute atomic E-state index is 13.5. The van der Waals surface area contributed by atoms with Crippen molar-refractivity contribution in [1.82, 2.24) is 10.2 Å². The van der Waals surface area contributed by atoms with Gasteiger partial charge in [-0.25, -0.2) is 4.79 Å². The molecule has 0 aliphatic carbocycles. The first-order valence-electron chi connectivity index (χ1n) is 10.3. The number of nitrogens with zero attached hydrogens (tertiary/aromatic N) is 3. The number of ether oxygens (including phenoxy) is 1. The van der Waals surface area contributed by atoms with Crippen molar-refractivity contribution in [3.05, 3.63) is 54.1 Å². The van der Waals surface area contributed by atoms with Crippen molar-refractivity contribution in [2.24, 2.45) is 5.41 Å². The molecule has 4 amide bonds. The van der Waals surface area contributed by atoms with E-state index in [9.17, 15) is 14.4 Å². The Morgan fingerprint density at radius 2 is 1.77 bits per heavy atom. The molecule has 2 saturated heterocycles. The van der Waals surface area contributed by atoms with Crippen molar-refractivity contribution in [3.63, 3.8) is 0 Å². The normalized spacial score (nSPS) is 25.3. The molecule has 5 rings (SSSR count). The number of amides is 4. The third-order valence-corrected chi connectivity index (χ3v) is 6.77. The number of carbonyl (C=O) groups excluding carboxylic acids is 3. The number of nitrogens with one attached hydrogen (secondary N) is 1. The number of barbiturate groups is 1. The lowest BCUT2D eigenvalue weighted by molar-refractivity contribution is -0.152. The Labute approximate surface area is 180 Å². The first-order valence-corrected chi connectivity index (χ1v) is 10.3. The van der Waals surface area contributed by atoms with Crippen molar-refractivity contribution in [3.8, 4) is 5.75 Å². The van der Waals surface area contributed by atoms with Crippen molar-refractivity contribution in [2.75, 3.05) is 43.6 Å². The summed E-state index contributed by atoms with van der Waals surface area (Å²) in [6, 6.07) is 14.6. The number of methoxy groups -OCH3 is 1. The average Bonchev–Trinajstić information content (AvgIpc) is 2.81. The van der Waals surface area contributed by atoms with Crippen LogP contribution in [0.15, 0.2) is 48.5 Å². The van der Waals surface area contributed by atoms with Gasteiger partial charge in [0.25, 0.3) is 0 Å². The molecule has 0 bridgehead atoms. The highest BCUT2D eigenvalue weighted by atomic mass is 16.5. The molecule has 0 saturated carbocycles. The van der Waals surface area contributed by atoms with Crippen molar-refractivity contribution in [2.45, 2.75) is 12.5 Å². The molecule has 8 nitrogen and oxygen atoms in total. The molecule has 2 fully saturated rings. The van der Waals surface area contributed by atoms with E-state index in [2.05, 4.69) is 15.1 Å². The molecule has 2 aromatic rings. The molecular weight excluding hydrogens is 396 g/mol. The minimum Gasteiger partial charge on any atom is -0.497 e. The number of para-hydroxylation sites is 1. The van der Waals surface area contributed by atoms with Crippen LogP contribution >= 0.6 is 0 Å². The second kappa shape index (κ2) is 7.01. The summed E-state index contributed by atoms with van der Waals surface area (Å²) in [7, 11) is 3.06. The lowest BCUT2D eigenvalue weighted by Crippen LogP contribution is -2.74. The summed E-state index contributed by atoms with van der Waals surface area (Å²) >= 11 is 0. The third-order valence-electron chi connectivity index (χ3n) is 6.77. The number of carbonyl (C=O) groups is 3. The minimum atomic E-state index is -1.36. The van der Waals surface area contributed by atoms with Gasteiger partial charge in [-0.1, -0.05) is 18.2 Å². The van der Waals surface area contributed by atoms with Gasteiger partial charge in [-0.15, -0.1) is 0 Å². The van der Waals surface area contributed by atoms with Crippen LogP contribution in [0.3, 0.4) is 0 Å². The number of imide groups is 2. The minimum absolute atomic E-state index is 0.267. The molecule has 3 aliphatic rings. The van der Waals surface area contributed by atoms with E-state index in [4.69, 9.17) is 4.74 Å². The monoisotopic (exact) mass is 420 g/mol. The number of rotatable bonds is 2. The number of hydrogen-bond acceptors (Lipinski definition) is 6. The van der Waals surface area contributed by atoms with E-state index in [1.165, 1.54) is 7.05 Å².